The minimum Gasteiger partial charge on any atom is -0.204 e. The number of hydrogen-bond donors (Lipinski definition) is 1. The third-order valence-electron chi connectivity index (χ3n) is 1.08. The average molecular weight is 304 g/mol. The molecule has 0 spiro atoms. The summed E-state index contributed by atoms with van der Waals surface area (Å²) in [5, 5.41) is 0. The molecule has 0 saturated heterocycles. The maximum atomic E-state index is 12.7. The molecule has 1 aromatic carbocycles. The second-order valence-corrected chi connectivity index (χ2v) is 3.89. The van der Waals surface area contributed by atoms with Crippen LogP contribution >= 0.6 is 44.5 Å². The van der Waals surface area contributed by atoms with E-state index in [1.807, 2.05) is 0 Å². The molecule has 0 bridgehead atoms. The summed E-state index contributed by atoms with van der Waals surface area (Å²) in [6.45, 7) is 0. The fourth-order valence-electron chi connectivity index (χ4n) is 0.560. The Morgan fingerprint density at radius 3 is 2.27 bits per heavy atom. The zero-order chi connectivity index (χ0) is 8.59. The molecule has 0 aliphatic rings. The van der Waals surface area contributed by atoms with Crippen LogP contribution in [0.1, 0.15) is 0 Å². The van der Waals surface area contributed by atoms with E-state index in [4.69, 9.17) is 0 Å². The van der Waals surface area contributed by atoms with Crippen molar-refractivity contribution in [3.8, 4) is 0 Å². The molecule has 0 unspecified atom stereocenters. The summed E-state index contributed by atoms with van der Waals surface area (Å²) >= 11 is 9.81. The highest BCUT2D eigenvalue weighted by molar-refractivity contribution is 9.13. The van der Waals surface area contributed by atoms with Gasteiger partial charge in [-0.3, -0.25) is 0 Å². The minimum atomic E-state index is -0.912. The number of thiol groups is 1. The van der Waals surface area contributed by atoms with Crippen molar-refractivity contribution < 1.29 is 8.78 Å². The SMILES string of the molecule is Fc1cc(S)c(Br)c(Br)c1F. The molecule has 0 aliphatic heterocycles. The fraction of sp³-hybridized carbons (Fsp3) is 0. The van der Waals surface area contributed by atoms with E-state index >= 15 is 0 Å². The highest BCUT2D eigenvalue weighted by Gasteiger charge is 2.12. The van der Waals surface area contributed by atoms with Gasteiger partial charge in [0.1, 0.15) is 0 Å². The van der Waals surface area contributed by atoms with E-state index in [0.717, 1.165) is 6.07 Å². The lowest BCUT2D eigenvalue weighted by Gasteiger charge is -2.01. The molecular weight excluding hydrogens is 302 g/mol. The molecule has 0 saturated carbocycles. The van der Waals surface area contributed by atoms with Gasteiger partial charge >= 0.3 is 0 Å². The van der Waals surface area contributed by atoms with Crippen LogP contribution in [-0.4, -0.2) is 0 Å². The Morgan fingerprint density at radius 2 is 1.73 bits per heavy atom. The first-order valence-electron chi connectivity index (χ1n) is 2.56. The second-order valence-electron chi connectivity index (χ2n) is 1.82. The van der Waals surface area contributed by atoms with E-state index in [9.17, 15) is 8.78 Å². The Kier molecular flexibility index (Phi) is 2.94. The normalized spacial score (nSPS) is 10.3. The van der Waals surface area contributed by atoms with Gasteiger partial charge in [-0.25, -0.2) is 8.78 Å². The first-order chi connectivity index (χ1) is 5.04. The molecule has 0 radical (unpaired) electrons. The lowest BCUT2D eigenvalue weighted by atomic mass is 10.3. The van der Waals surface area contributed by atoms with Crippen LogP contribution < -0.4 is 0 Å². The monoisotopic (exact) mass is 302 g/mol. The van der Waals surface area contributed by atoms with Crippen LogP contribution in [0.3, 0.4) is 0 Å². The largest absolute Gasteiger partial charge is 0.204 e. The number of benzene rings is 1. The Bertz CT molecular complexity index is 275. The molecule has 0 N–H and O–H groups in total. The van der Waals surface area contributed by atoms with Crippen LogP contribution in [0.2, 0.25) is 0 Å². The number of halogens is 4. The number of hydrogen-bond acceptors (Lipinski definition) is 1. The van der Waals surface area contributed by atoms with E-state index in [1.165, 1.54) is 0 Å². The molecule has 60 valence electrons. The van der Waals surface area contributed by atoms with Gasteiger partial charge in [0, 0.05) is 9.37 Å². The molecule has 0 aliphatic carbocycles. The summed E-state index contributed by atoms with van der Waals surface area (Å²) < 4.78 is 25.7. The third kappa shape index (κ3) is 1.76. The average Bonchev–Trinajstić information content (AvgIpc) is 1.97. The summed E-state index contributed by atoms with van der Waals surface area (Å²) in [6, 6.07) is 1.01. The zero-order valence-corrected chi connectivity index (χ0v) is 9.10. The summed E-state index contributed by atoms with van der Waals surface area (Å²) in [5.74, 6) is -1.82. The summed E-state index contributed by atoms with van der Waals surface area (Å²) in [4.78, 5) is 0.357. The van der Waals surface area contributed by atoms with Crippen molar-refractivity contribution in [3.05, 3.63) is 26.6 Å². The number of rotatable bonds is 0. The van der Waals surface area contributed by atoms with Gasteiger partial charge in [0.2, 0.25) is 0 Å². The van der Waals surface area contributed by atoms with Gasteiger partial charge in [-0.05, 0) is 37.9 Å². The lowest BCUT2D eigenvalue weighted by Crippen LogP contribution is -1.87. The van der Waals surface area contributed by atoms with Crippen LogP contribution in [0.25, 0.3) is 0 Å². The zero-order valence-electron chi connectivity index (χ0n) is 5.04. The van der Waals surface area contributed by atoms with Crippen molar-refractivity contribution in [2.45, 2.75) is 4.90 Å². The predicted octanol–water partition coefficient (Wildman–Crippen LogP) is 3.78. The Morgan fingerprint density at radius 1 is 1.18 bits per heavy atom. The molecule has 5 heteroatoms. The van der Waals surface area contributed by atoms with Gasteiger partial charge in [0.25, 0.3) is 0 Å². The molecule has 0 aromatic heterocycles. The van der Waals surface area contributed by atoms with Gasteiger partial charge in [-0.2, -0.15) is 0 Å². The van der Waals surface area contributed by atoms with Crippen LogP contribution in [0, 0.1) is 11.6 Å². The highest BCUT2D eigenvalue weighted by atomic mass is 79.9. The lowest BCUT2D eigenvalue weighted by molar-refractivity contribution is 0.500. The van der Waals surface area contributed by atoms with Crippen molar-refractivity contribution >= 4 is 44.5 Å². The van der Waals surface area contributed by atoms with Gasteiger partial charge in [-0.1, -0.05) is 0 Å². The van der Waals surface area contributed by atoms with Gasteiger partial charge < -0.3 is 0 Å². The summed E-state index contributed by atoms with van der Waals surface area (Å²) in [5.41, 5.74) is 0. The topological polar surface area (TPSA) is 0 Å². The van der Waals surface area contributed by atoms with Gasteiger partial charge in [-0.15, -0.1) is 12.6 Å². The van der Waals surface area contributed by atoms with Crippen LogP contribution in [0.5, 0.6) is 0 Å². The molecule has 0 amide bonds. The Labute approximate surface area is 84.7 Å². The molecule has 0 fully saturated rings. The quantitative estimate of drug-likeness (QED) is 0.421. The highest BCUT2D eigenvalue weighted by Crippen LogP contribution is 2.32. The van der Waals surface area contributed by atoms with Gasteiger partial charge in [0.05, 0.1) is 4.47 Å². The molecular formula is C6H2Br2F2S. The van der Waals surface area contributed by atoms with Crippen LogP contribution in [0.15, 0.2) is 19.9 Å². The maximum absolute atomic E-state index is 12.7. The van der Waals surface area contributed by atoms with E-state index in [1.54, 1.807) is 0 Å². The van der Waals surface area contributed by atoms with E-state index in [0.29, 0.717) is 9.37 Å². The minimum absolute atomic E-state index is 0.0579. The smallest absolute Gasteiger partial charge is 0.174 e. The van der Waals surface area contributed by atoms with E-state index < -0.39 is 11.6 Å². The first-order valence-corrected chi connectivity index (χ1v) is 4.59. The van der Waals surface area contributed by atoms with Crippen LogP contribution in [0.4, 0.5) is 8.78 Å². The maximum Gasteiger partial charge on any atom is 0.174 e. The first kappa shape index (κ1) is 9.48. The molecule has 1 rings (SSSR count). The molecule has 11 heavy (non-hydrogen) atoms. The third-order valence-corrected chi connectivity index (χ3v) is 3.84. The van der Waals surface area contributed by atoms with E-state index in [2.05, 4.69) is 44.5 Å². The van der Waals surface area contributed by atoms with E-state index in [-0.39, 0.29) is 4.47 Å². The second kappa shape index (κ2) is 3.41. The molecule has 1 aromatic rings. The standard InChI is InChI=1S/C6H2Br2F2S/c7-4-3(11)1-2(9)6(10)5(4)8/h1,11H. The fourth-order valence-corrected chi connectivity index (χ4v) is 1.63. The van der Waals surface area contributed by atoms with Gasteiger partial charge in [0.15, 0.2) is 11.6 Å². The molecule has 0 atom stereocenters. The summed E-state index contributed by atoms with van der Waals surface area (Å²) in [7, 11) is 0. The Balaban J connectivity index is 3.46. The van der Waals surface area contributed by atoms with Crippen molar-refractivity contribution in [2.75, 3.05) is 0 Å². The molecule has 0 nitrogen and oxygen atoms in total. The van der Waals surface area contributed by atoms with Crippen LogP contribution in [-0.2, 0) is 0 Å². The van der Waals surface area contributed by atoms with Crippen molar-refractivity contribution in [2.24, 2.45) is 0 Å². The van der Waals surface area contributed by atoms with Crippen molar-refractivity contribution in [3.63, 3.8) is 0 Å². The molecule has 0 heterocycles. The Hall–Kier alpha value is 0.390. The predicted molar refractivity (Wildman–Crippen MR) is 49.0 cm³/mol. The van der Waals surface area contributed by atoms with Crippen molar-refractivity contribution in [1.82, 2.24) is 0 Å². The van der Waals surface area contributed by atoms with Crippen molar-refractivity contribution in [1.29, 1.82) is 0 Å². The summed E-state index contributed by atoms with van der Waals surface area (Å²) in [6.07, 6.45) is 0.